The van der Waals surface area contributed by atoms with Crippen molar-refractivity contribution in [2.24, 2.45) is 0 Å². The number of hydrogen-bond donors (Lipinski definition) is 9. The molecule has 0 spiro atoms. The Balaban J connectivity index is 1.45. The molecule has 0 unspecified atom stereocenters. The number of aryl methyl sites for hydroxylation is 2. The summed E-state index contributed by atoms with van der Waals surface area (Å²) in [7, 11) is -20.0. The topological polar surface area (TPSA) is 382 Å². The standard InChI is InChI=1S/C26H22Cl2N10O15S5/c1-10-5-14(19(57(46,47)48)8-16(10)54-53-52-39)31-25-35-21(27)33-23(37-25)29-12-3-4-13(18(7-12)56(43,44)45)30-24-34-22(28)36-26(38-24)32-15-6-11(2)17(55(40,41)42)9-20(15)58(49,50)51/h3-9,39H,1-2H3,(H,40,41,42)(H,43,44,45)(H,46,47,48)(H,49,50,51)(H2,29,31,33,35,37)(H2,30,32,34,36,38). The van der Waals surface area contributed by atoms with Crippen molar-refractivity contribution in [2.75, 3.05) is 21.3 Å². The third-order valence-corrected chi connectivity index (χ3v) is 11.8. The molecular formula is C26H22Cl2N10O15S5. The molecule has 0 saturated heterocycles. The maximum atomic E-state index is 12.5. The van der Waals surface area contributed by atoms with Crippen molar-refractivity contribution in [3.8, 4) is 0 Å². The van der Waals surface area contributed by atoms with Gasteiger partial charge in [0, 0.05) is 10.6 Å². The molecule has 58 heavy (non-hydrogen) atoms. The number of nitrogens with zero attached hydrogens (tertiary/aromatic N) is 6. The average Bonchev–Trinajstić information content (AvgIpc) is 3.06. The molecule has 0 bridgehead atoms. The van der Waals surface area contributed by atoms with Crippen molar-refractivity contribution in [1.29, 1.82) is 0 Å². The van der Waals surface area contributed by atoms with E-state index in [1.54, 1.807) is 0 Å². The molecule has 25 nitrogen and oxygen atoms in total. The first kappa shape index (κ1) is 44.4. The quantitative estimate of drug-likeness (QED) is 0.0304. The van der Waals surface area contributed by atoms with E-state index in [0.717, 1.165) is 24.3 Å². The third kappa shape index (κ3) is 11.1. The van der Waals surface area contributed by atoms with Gasteiger partial charge in [0.2, 0.25) is 34.4 Å². The van der Waals surface area contributed by atoms with Gasteiger partial charge in [-0.05, 0) is 90.6 Å². The molecule has 0 aliphatic carbocycles. The van der Waals surface area contributed by atoms with Crippen LogP contribution in [0.1, 0.15) is 11.1 Å². The zero-order valence-corrected chi connectivity index (χ0v) is 33.9. The van der Waals surface area contributed by atoms with E-state index >= 15 is 0 Å². The maximum absolute atomic E-state index is 12.5. The van der Waals surface area contributed by atoms with Gasteiger partial charge in [0.25, 0.3) is 40.5 Å². The minimum absolute atomic E-state index is 0.0918. The molecule has 2 aromatic heterocycles. The van der Waals surface area contributed by atoms with Gasteiger partial charge in [0.05, 0.1) is 34.0 Å². The number of aromatic nitrogens is 6. The Bertz CT molecular complexity index is 2910. The van der Waals surface area contributed by atoms with Crippen LogP contribution in [-0.4, -0.2) is 87.0 Å². The predicted octanol–water partition coefficient (Wildman–Crippen LogP) is 4.37. The average molecular weight is 946 g/mol. The van der Waals surface area contributed by atoms with Crippen LogP contribution in [0, 0.1) is 13.8 Å². The van der Waals surface area contributed by atoms with Crippen LogP contribution in [0.25, 0.3) is 0 Å². The summed E-state index contributed by atoms with van der Waals surface area (Å²) in [6, 6.07) is 6.90. The minimum Gasteiger partial charge on any atom is -0.324 e. The molecule has 3 aromatic carbocycles. The Hall–Kier alpha value is -4.67. The highest BCUT2D eigenvalue weighted by molar-refractivity contribution is 7.94. The molecule has 0 saturated carbocycles. The zero-order chi connectivity index (χ0) is 43.0. The van der Waals surface area contributed by atoms with Crippen molar-refractivity contribution in [2.45, 2.75) is 38.3 Å². The van der Waals surface area contributed by atoms with E-state index in [2.05, 4.69) is 60.5 Å². The summed E-state index contributed by atoms with van der Waals surface area (Å²) in [6.07, 6.45) is 0. The van der Waals surface area contributed by atoms with Crippen molar-refractivity contribution in [3.05, 3.63) is 64.2 Å². The van der Waals surface area contributed by atoms with Crippen LogP contribution < -0.4 is 21.3 Å². The number of nitrogens with one attached hydrogen (secondary N) is 4. The second kappa shape index (κ2) is 16.9. The third-order valence-electron chi connectivity index (χ3n) is 7.01. The molecule has 0 radical (unpaired) electrons. The first-order valence-electron chi connectivity index (χ1n) is 14.7. The van der Waals surface area contributed by atoms with Gasteiger partial charge in [0.15, 0.2) is 0 Å². The van der Waals surface area contributed by atoms with Gasteiger partial charge >= 0.3 is 0 Å². The van der Waals surface area contributed by atoms with Crippen molar-refractivity contribution in [3.63, 3.8) is 0 Å². The highest BCUT2D eigenvalue weighted by Gasteiger charge is 2.25. The number of halogens is 2. The van der Waals surface area contributed by atoms with E-state index in [1.165, 1.54) is 26.0 Å². The lowest BCUT2D eigenvalue weighted by molar-refractivity contribution is -0.432. The summed E-state index contributed by atoms with van der Waals surface area (Å²) in [5.74, 6) is -1.74. The smallest absolute Gasteiger partial charge is 0.296 e. The SMILES string of the molecule is Cc1cc(Nc2nc(Cl)nc(Nc3ccc(Nc4nc(Cl)nc(Nc5cc(C)c(S(=O)(=O)O)cc5S(=O)(=O)O)n4)c(S(=O)(=O)O)c3)n2)c(S(=O)(=O)O)cc1SOOO. The molecule has 0 fully saturated rings. The van der Waals surface area contributed by atoms with Gasteiger partial charge < -0.3 is 21.3 Å². The summed E-state index contributed by atoms with van der Waals surface area (Å²) in [5.41, 5.74) is -0.976. The first-order valence-corrected chi connectivity index (χ1v) is 22.0. The number of hydrogen-bond acceptors (Lipinski definition) is 22. The molecule has 32 heteroatoms. The Morgan fingerprint density at radius 1 is 0.534 bits per heavy atom. The molecule has 0 aliphatic heterocycles. The van der Waals surface area contributed by atoms with Crippen LogP contribution in [-0.2, 0) is 49.8 Å². The molecule has 0 amide bonds. The summed E-state index contributed by atoms with van der Waals surface area (Å²) in [4.78, 5) is 20.2. The van der Waals surface area contributed by atoms with Crippen LogP contribution in [0.15, 0.2) is 66.9 Å². The maximum Gasteiger partial charge on any atom is 0.296 e. The molecule has 0 aliphatic rings. The lowest BCUT2D eigenvalue weighted by Gasteiger charge is -2.15. The summed E-state index contributed by atoms with van der Waals surface area (Å²) in [5, 5.41) is 21.1. The summed E-state index contributed by atoms with van der Waals surface area (Å²) in [6.45, 7) is 2.72. The van der Waals surface area contributed by atoms with E-state index in [-0.39, 0.29) is 39.4 Å². The largest absolute Gasteiger partial charge is 0.324 e. The van der Waals surface area contributed by atoms with Gasteiger partial charge in [-0.3, -0.25) is 18.2 Å². The van der Waals surface area contributed by atoms with Gasteiger partial charge in [-0.25, -0.2) is 5.26 Å². The fourth-order valence-corrected chi connectivity index (χ4v) is 8.36. The number of rotatable bonds is 15. The van der Waals surface area contributed by atoms with Crippen molar-refractivity contribution < 1.29 is 66.5 Å². The van der Waals surface area contributed by atoms with Gasteiger partial charge in [-0.15, -0.1) is 4.33 Å². The predicted molar refractivity (Wildman–Crippen MR) is 202 cm³/mol. The van der Waals surface area contributed by atoms with E-state index in [4.69, 9.17) is 28.5 Å². The summed E-state index contributed by atoms with van der Waals surface area (Å²) < 4.78 is 140. The van der Waals surface area contributed by atoms with Crippen LogP contribution in [0.2, 0.25) is 10.6 Å². The minimum atomic E-state index is -5.13. The summed E-state index contributed by atoms with van der Waals surface area (Å²) >= 11 is 12.5. The van der Waals surface area contributed by atoms with Crippen LogP contribution in [0.4, 0.5) is 46.5 Å². The monoisotopic (exact) mass is 944 g/mol. The Kier molecular flexibility index (Phi) is 12.9. The highest BCUT2D eigenvalue weighted by Crippen LogP contribution is 2.35. The van der Waals surface area contributed by atoms with E-state index in [0.29, 0.717) is 23.7 Å². The Morgan fingerprint density at radius 2 is 0.948 bits per heavy atom. The Morgan fingerprint density at radius 3 is 1.41 bits per heavy atom. The number of anilines is 8. The highest BCUT2D eigenvalue weighted by atomic mass is 35.5. The fourth-order valence-electron chi connectivity index (χ4n) is 4.71. The number of benzene rings is 3. The van der Waals surface area contributed by atoms with E-state index in [1.807, 2.05) is 0 Å². The van der Waals surface area contributed by atoms with Gasteiger partial charge in [0.1, 0.15) is 14.7 Å². The first-order chi connectivity index (χ1) is 26.8. The molecule has 2 heterocycles. The molecule has 9 N–H and O–H groups in total. The van der Waals surface area contributed by atoms with Crippen molar-refractivity contribution in [1.82, 2.24) is 29.9 Å². The Labute approximate surface area is 340 Å². The second-order valence-electron chi connectivity index (χ2n) is 11.1. The zero-order valence-electron chi connectivity index (χ0n) is 28.3. The normalized spacial score (nSPS) is 12.3. The fraction of sp³-hybridized carbons (Fsp3) is 0.0769. The lowest BCUT2D eigenvalue weighted by Crippen LogP contribution is -2.11. The molecular weight excluding hydrogens is 924 g/mol. The van der Waals surface area contributed by atoms with E-state index in [9.17, 15) is 51.9 Å². The van der Waals surface area contributed by atoms with Crippen LogP contribution in [0.3, 0.4) is 0 Å². The second-order valence-corrected chi connectivity index (χ2v) is 18.0. The molecule has 5 rings (SSSR count). The van der Waals surface area contributed by atoms with Crippen LogP contribution >= 0.6 is 35.2 Å². The van der Waals surface area contributed by atoms with Crippen molar-refractivity contribution >= 4 is 122 Å². The van der Waals surface area contributed by atoms with Gasteiger partial charge in [-0.2, -0.15) is 63.6 Å². The van der Waals surface area contributed by atoms with Gasteiger partial charge in [-0.1, -0.05) is 5.04 Å². The molecule has 0 atom stereocenters. The lowest BCUT2D eigenvalue weighted by atomic mass is 10.2. The van der Waals surface area contributed by atoms with E-state index < -0.39 is 88.2 Å². The molecule has 5 aromatic rings. The molecule has 310 valence electrons. The van der Waals surface area contributed by atoms with Crippen LogP contribution in [0.5, 0.6) is 0 Å².